The number of ether oxygens (including phenoxy) is 1. The van der Waals surface area contributed by atoms with E-state index in [1.807, 2.05) is 36.4 Å². The minimum atomic E-state index is -1.00. The van der Waals surface area contributed by atoms with Crippen molar-refractivity contribution in [3.63, 3.8) is 0 Å². The molecule has 0 heterocycles. The molecule has 0 bridgehead atoms. The van der Waals surface area contributed by atoms with E-state index >= 15 is 0 Å². The third-order valence-corrected chi connectivity index (χ3v) is 5.98. The van der Waals surface area contributed by atoms with Crippen LogP contribution >= 0.6 is 11.6 Å². The van der Waals surface area contributed by atoms with Crippen LogP contribution in [-0.4, -0.2) is 30.3 Å². The molecule has 5 nitrogen and oxygen atoms in total. The number of hydrogen-bond acceptors (Lipinski definition) is 3. The Morgan fingerprint density at radius 2 is 1.52 bits per heavy atom. The summed E-state index contributed by atoms with van der Waals surface area (Å²) in [5.41, 5.74) is 5.28. The van der Waals surface area contributed by atoms with E-state index < -0.39 is 18.0 Å². The molecule has 2 N–H and O–H groups in total. The van der Waals surface area contributed by atoms with Gasteiger partial charge in [0.05, 0.1) is 5.92 Å². The Labute approximate surface area is 185 Å². The molecule has 0 fully saturated rings. The van der Waals surface area contributed by atoms with Crippen LogP contribution in [0.5, 0.6) is 0 Å². The molecule has 158 valence electrons. The molecule has 1 aliphatic carbocycles. The zero-order chi connectivity index (χ0) is 21.8. The van der Waals surface area contributed by atoms with Crippen LogP contribution in [0.1, 0.15) is 22.6 Å². The maximum Gasteiger partial charge on any atom is 0.407 e. The summed E-state index contributed by atoms with van der Waals surface area (Å²) in [4.78, 5) is 24.0. The molecule has 1 atom stereocenters. The monoisotopic (exact) mass is 435 g/mol. The van der Waals surface area contributed by atoms with E-state index in [0.29, 0.717) is 5.02 Å². The number of carbonyl (C=O) groups is 2. The van der Waals surface area contributed by atoms with Gasteiger partial charge in [-0.3, -0.25) is 4.79 Å². The molecule has 4 rings (SSSR count). The van der Waals surface area contributed by atoms with Gasteiger partial charge in [-0.1, -0.05) is 78.3 Å². The fourth-order valence-electron chi connectivity index (χ4n) is 4.03. The van der Waals surface area contributed by atoms with Gasteiger partial charge >= 0.3 is 12.1 Å². The first kappa shape index (κ1) is 20.9. The minimum Gasteiger partial charge on any atom is -0.481 e. The highest BCUT2D eigenvalue weighted by molar-refractivity contribution is 6.31. The van der Waals surface area contributed by atoms with Gasteiger partial charge in [0.1, 0.15) is 6.61 Å². The number of carboxylic acid groups (broad SMARTS) is 1. The smallest absolute Gasteiger partial charge is 0.407 e. The van der Waals surface area contributed by atoms with Gasteiger partial charge in [0, 0.05) is 17.5 Å². The van der Waals surface area contributed by atoms with Gasteiger partial charge in [-0.05, 0) is 40.3 Å². The molecule has 1 amide bonds. The second-order valence-electron chi connectivity index (χ2n) is 7.54. The molecule has 0 saturated heterocycles. The van der Waals surface area contributed by atoms with Crippen molar-refractivity contribution in [1.29, 1.82) is 0 Å². The predicted octanol–water partition coefficient (Wildman–Crippen LogP) is 5.12. The predicted molar refractivity (Wildman–Crippen MR) is 119 cm³/mol. The Hall–Kier alpha value is -3.31. The van der Waals surface area contributed by atoms with Crippen molar-refractivity contribution in [2.24, 2.45) is 5.92 Å². The van der Waals surface area contributed by atoms with Crippen LogP contribution in [-0.2, 0) is 16.0 Å². The summed E-state index contributed by atoms with van der Waals surface area (Å²) in [6.45, 7) is 0.138. The molecule has 6 heteroatoms. The van der Waals surface area contributed by atoms with Crippen LogP contribution in [0.2, 0.25) is 5.02 Å². The Bertz CT molecular complexity index is 1070. The molecular weight excluding hydrogens is 414 g/mol. The second-order valence-corrected chi connectivity index (χ2v) is 7.94. The van der Waals surface area contributed by atoms with Crippen molar-refractivity contribution in [3.05, 3.63) is 94.5 Å². The molecule has 1 unspecified atom stereocenters. The summed E-state index contributed by atoms with van der Waals surface area (Å²) in [5, 5.41) is 12.6. The third-order valence-electron chi connectivity index (χ3n) is 5.61. The first-order valence-corrected chi connectivity index (χ1v) is 10.5. The molecule has 3 aromatic carbocycles. The number of halogens is 1. The summed E-state index contributed by atoms with van der Waals surface area (Å²) in [6.07, 6.45) is -0.411. The Morgan fingerprint density at radius 3 is 2.13 bits per heavy atom. The first-order chi connectivity index (χ1) is 15.0. The van der Waals surface area contributed by atoms with Crippen LogP contribution in [0, 0.1) is 5.92 Å². The number of nitrogens with one attached hydrogen (secondary N) is 1. The molecule has 0 saturated carbocycles. The van der Waals surface area contributed by atoms with Crippen molar-refractivity contribution >= 4 is 23.7 Å². The largest absolute Gasteiger partial charge is 0.481 e. The molecule has 0 aromatic heterocycles. The topological polar surface area (TPSA) is 75.6 Å². The quantitative estimate of drug-likeness (QED) is 0.540. The van der Waals surface area contributed by atoms with E-state index in [-0.39, 0.29) is 25.5 Å². The Balaban J connectivity index is 1.37. The Morgan fingerprint density at radius 1 is 0.935 bits per heavy atom. The second kappa shape index (κ2) is 9.23. The van der Waals surface area contributed by atoms with Crippen molar-refractivity contribution in [2.75, 3.05) is 13.2 Å². The van der Waals surface area contributed by atoms with Crippen LogP contribution in [0.3, 0.4) is 0 Å². The van der Waals surface area contributed by atoms with E-state index in [0.717, 1.165) is 27.8 Å². The maximum absolute atomic E-state index is 12.3. The summed E-state index contributed by atoms with van der Waals surface area (Å²) in [6, 6.07) is 23.3. The van der Waals surface area contributed by atoms with Gasteiger partial charge in [0.25, 0.3) is 0 Å². The lowest BCUT2D eigenvalue weighted by Gasteiger charge is -2.17. The standard InChI is InChI=1S/C25H22ClNO4/c26-23-12-6-1-7-16(23)13-17(24(28)29)14-27-25(30)31-15-22-20-10-4-2-8-18(20)19-9-3-5-11-21(19)22/h1-12,17,22H,13-15H2,(H,27,30)(H,28,29). The van der Waals surface area contributed by atoms with E-state index in [2.05, 4.69) is 17.4 Å². The van der Waals surface area contributed by atoms with Gasteiger partial charge in [0.15, 0.2) is 0 Å². The van der Waals surface area contributed by atoms with Crippen LogP contribution < -0.4 is 5.32 Å². The summed E-state index contributed by atoms with van der Waals surface area (Å²) < 4.78 is 5.47. The number of carboxylic acids is 1. The molecular formula is C25H22ClNO4. The molecule has 0 radical (unpaired) electrons. The van der Waals surface area contributed by atoms with Crippen molar-refractivity contribution < 1.29 is 19.4 Å². The van der Waals surface area contributed by atoms with Crippen LogP contribution in [0.4, 0.5) is 4.79 Å². The highest BCUT2D eigenvalue weighted by Gasteiger charge is 2.29. The average molecular weight is 436 g/mol. The van der Waals surface area contributed by atoms with Gasteiger partial charge in [-0.2, -0.15) is 0 Å². The van der Waals surface area contributed by atoms with Crippen LogP contribution in [0.15, 0.2) is 72.8 Å². The highest BCUT2D eigenvalue weighted by Crippen LogP contribution is 2.44. The fourth-order valence-corrected chi connectivity index (χ4v) is 4.25. The molecule has 3 aromatic rings. The summed E-state index contributed by atoms with van der Waals surface area (Å²) in [7, 11) is 0. The fraction of sp³-hybridized carbons (Fsp3) is 0.200. The van der Waals surface area contributed by atoms with E-state index in [4.69, 9.17) is 16.3 Å². The lowest BCUT2D eigenvalue weighted by molar-refractivity contribution is -0.141. The van der Waals surface area contributed by atoms with Crippen LogP contribution in [0.25, 0.3) is 11.1 Å². The van der Waals surface area contributed by atoms with E-state index in [9.17, 15) is 14.7 Å². The number of benzene rings is 3. The van der Waals surface area contributed by atoms with Gasteiger partial charge in [-0.15, -0.1) is 0 Å². The van der Waals surface area contributed by atoms with Gasteiger partial charge in [0.2, 0.25) is 0 Å². The third kappa shape index (κ3) is 4.57. The Kier molecular flexibility index (Phi) is 6.23. The SMILES string of the molecule is O=C(NCC(Cc1ccccc1Cl)C(=O)O)OCC1c2ccccc2-c2ccccc21. The number of rotatable bonds is 7. The normalized spacial score (nSPS) is 13.2. The summed E-state index contributed by atoms with van der Waals surface area (Å²) in [5.74, 6) is -1.85. The van der Waals surface area contributed by atoms with E-state index in [1.165, 1.54) is 0 Å². The lowest BCUT2D eigenvalue weighted by Crippen LogP contribution is -2.35. The van der Waals surface area contributed by atoms with Crippen molar-refractivity contribution in [2.45, 2.75) is 12.3 Å². The molecule has 0 spiro atoms. The number of fused-ring (bicyclic) bond motifs is 3. The summed E-state index contributed by atoms with van der Waals surface area (Å²) >= 11 is 6.14. The average Bonchev–Trinajstić information content (AvgIpc) is 3.10. The van der Waals surface area contributed by atoms with Gasteiger partial charge in [-0.25, -0.2) is 4.79 Å². The zero-order valence-electron chi connectivity index (χ0n) is 16.8. The van der Waals surface area contributed by atoms with Crippen molar-refractivity contribution in [3.8, 4) is 11.1 Å². The highest BCUT2D eigenvalue weighted by atomic mass is 35.5. The number of aliphatic carboxylic acids is 1. The minimum absolute atomic E-state index is 0.0444. The lowest BCUT2D eigenvalue weighted by atomic mass is 9.98. The molecule has 31 heavy (non-hydrogen) atoms. The maximum atomic E-state index is 12.3. The zero-order valence-corrected chi connectivity index (χ0v) is 17.5. The number of hydrogen-bond donors (Lipinski definition) is 2. The van der Waals surface area contributed by atoms with Gasteiger partial charge < -0.3 is 15.2 Å². The number of amides is 1. The number of alkyl carbamates (subject to hydrolysis) is 1. The first-order valence-electron chi connectivity index (χ1n) is 10.1. The molecule has 1 aliphatic rings. The van der Waals surface area contributed by atoms with E-state index in [1.54, 1.807) is 24.3 Å². The molecule has 0 aliphatic heterocycles. The van der Waals surface area contributed by atoms with Crippen molar-refractivity contribution in [1.82, 2.24) is 5.32 Å². The number of carbonyl (C=O) groups excluding carboxylic acids is 1.